The summed E-state index contributed by atoms with van der Waals surface area (Å²) in [5.74, 6) is 0.702. The van der Waals surface area contributed by atoms with E-state index < -0.39 is 10.0 Å². The Balaban J connectivity index is 1.48. The molecule has 1 fully saturated rings. The van der Waals surface area contributed by atoms with Gasteiger partial charge in [0, 0.05) is 18.2 Å². The minimum Gasteiger partial charge on any atom is -0.468 e. The van der Waals surface area contributed by atoms with Gasteiger partial charge in [0.15, 0.2) is 0 Å². The highest BCUT2D eigenvalue weighted by atomic mass is 32.2. The fourth-order valence-electron chi connectivity index (χ4n) is 4.48. The van der Waals surface area contributed by atoms with E-state index in [1.807, 2.05) is 25.1 Å². The van der Waals surface area contributed by atoms with Crippen molar-refractivity contribution in [2.24, 2.45) is 0 Å². The lowest BCUT2D eigenvalue weighted by Crippen LogP contribution is -2.36. The fourth-order valence-corrected chi connectivity index (χ4v) is 5.75. The van der Waals surface area contributed by atoms with Crippen LogP contribution in [0, 0.1) is 0 Å². The summed E-state index contributed by atoms with van der Waals surface area (Å²) in [6, 6.07) is 8.94. The number of nitrogens with one attached hydrogen (secondary N) is 1. The summed E-state index contributed by atoms with van der Waals surface area (Å²) in [5.41, 5.74) is 2.10. The molecule has 1 aromatic carbocycles. The molecule has 2 unspecified atom stereocenters. The molecule has 2 aliphatic heterocycles. The number of sulfonamides is 1. The Labute approximate surface area is 171 Å². The lowest BCUT2D eigenvalue weighted by atomic mass is 10.1. The molecule has 4 rings (SSSR count). The van der Waals surface area contributed by atoms with Crippen molar-refractivity contribution in [3.05, 3.63) is 53.5 Å². The third kappa shape index (κ3) is 4.04. The number of benzene rings is 1. The van der Waals surface area contributed by atoms with E-state index >= 15 is 0 Å². The van der Waals surface area contributed by atoms with Crippen LogP contribution in [0.25, 0.3) is 0 Å². The second-order valence-corrected chi connectivity index (χ2v) is 9.80. The van der Waals surface area contributed by atoms with Gasteiger partial charge in [0.05, 0.1) is 24.2 Å². The molecule has 29 heavy (non-hydrogen) atoms. The molecule has 8 heteroatoms. The maximum absolute atomic E-state index is 12.8. The summed E-state index contributed by atoms with van der Waals surface area (Å²) in [5, 5.41) is 3.04. The number of furan rings is 1. The Bertz CT molecular complexity index is 981. The van der Waals surface area contributed by atoms with E-state index in [2.05, 4.69) is 10.2 Å². The molecule has 0 saturated carbocycles. The highest BCUT2D eigenvalue weighted by Crippen LogP contribution is 2.34. The number of hydrogen-bond donors (Lipinski definition) is 1. The zero-order valence-electron chi connectivity index (χ0n) is 16.8. The van der Waals surface area contributed by atoms with E-state index in [1.165, 1.54) is 10.6 Å². The first-order chi connectivity index (χ1) is 13.8. The van der Waals surface area contributed by atoms with Gasteiger partial charge < -0.3 is 9.73 Å². The molecule has 156 valence electrons. The van der Waals surface area contributed by atoms with Gasteiger partial charge in [0.25, 0.3) is 5.91 Å². The van der Waals surface area contributed by atoms with Crippen LogP contribution in [0.4, 0.5) is 5.69 Å². The number of carbonyl (C=O) groups is 1. The lowest BCUT2D eigenvalue weighted by molar-refractivity contribution is 0.0933. The van der Waals surface area contributed by atoms with Crippen LogP contribution < -0.4 is 9.62 Å². The van der Waals surface area contributed by atoms with Crippen molar-refractivity contribution in [3.8, 4) is 0 Å². The summed E-state index contributed by atoms with van der Waals surface area (Å²) in [4.78, 5) is 15.1. The van der Waals surface area contributed by atoms with Crippen molar-refractivity contribution >= 4 is 21.6 Å². The molecule has 7 nitrogen and oxygen atoms in total. The standard InChI is InChI=1S/C21H27N3O4S/c1-15-12-17-13-16(7-8-18(17)24(15)29(2,26)27)21(25)22-14-19(20-6-5-11-28-20)23-9-3-4-10-23/h5-8,11,13,15,19H,3-4,9-10,12,14H2,1-2H3,(H,22,25). The predicted octanol–water partition coefficient (Wildman–Crippen LogP) is 2.56. The van der Waals surface area contributed by atoms with Crippen LogP contribution in [0.2, 0.25) is 0 Å². The van der Waals surface area contributed by atoms with Crippen molar-refractivity contribution in [3.63, 3.8) is 0 Å². The molecule has 2 aliphatic rings. The molecule has 0 aliphatic carbocycles. The first-order valence-electron chi connectivity index (χ1n) is 10.0. The molecule has 0 bridgehead atoms. The van der Waals surface area contributed by atoms with E-state index in [-0.39, 0.29) is 18.0 Å². The monoisotopic (exact) mass is 417 g/mol. The van der Waals surface area contributed by atoms with Gasteiger partial charge in [-0.15, -0.1) is 0 Å². The van der Waals surface area contributed by atoms with Gasteiger partial charge in [-0.1, -0.05) is 0 Å². The van der Waals surface area contributed by atoms with Crippen LogP contribution in [-0.2, 0) is 16.4 Å². The smallest absolute Gasteiger partial charge is 0.251 e. The number of hydrogen-bond acceptors (Lipinski definition) is 5. The average molecular weight is 418 g/mol. The Morgan fingerprint density at radius 1 is 1.28 bits per heavy atom. The molecular formula is C21H27N3O4S. The van der Waals surface area contributed by atoms with Crippen molar-refractivity contribution < 1.29 is 17.6 Å². The number of anilines is 1. The van der Waals surface area contributed by atoms with Gasteiger partial charge >= 0.3 is 0 Å². The molecular weight excluding hydrogens is 390 g/mol. The fraction of sp³-hybridized carbons (Fsp3) is 0.476. The Morgan fingerprint density at radius 3 is 2.69 bits per heavy atom. The van der Waals surface area contributed by atoms with Gasteiger partial charge in [0.2, 0.25) is 10.0 Å². The number of amides is 1. The second kappa shape index (κ2) is 7.84. The molecule has 0 spiro atoms. The number of carbonyl (C=O) groups excluding carboxylic acids is 1. The second-order valence-electron chi connectivity index (χ2n) is 7.94. The molecule has 1 saturated heterocycles. The largest absolute Gasteiger partial charge is 0.468 e. The molecule has 0 radical (unpaired) electrons. The van der Waals surface area contributed by atoms with Gasteiger partial charge in [-0.25, -0.2) is 8.42 Å². The van der Waals surface area contributed by atoms with Crippen LogP contribution >= 0.6 is 0 Å². The summed E-state index contributed by atoms with van der Waals surface area (Å²) < 4.78 is 31.2. The molecule has 3 heterocycles. The number of nitrogens with zero attached hydrogens (tertiary/aromatic N) is 2. The maximum atomic E-state index is 12.8. The molecule has 2 atom stereocenters. The van der Waals surface area contributed by atoms with E-state index in [0.717, 1.165) is 37.3 Å². The molecule has 1 amide bonds. The average Bonchev–Trinajstić information content (AvgIpc) is 3.41. The third-order valence-electron chi connectivity index (χ3n) is 5.76. The van der Waals surface area contributed by atoms with Crippen LogP contribution in [0.1, 0.15) is 47.5 Å². The maximum Gasteiger partial charge on any atom is 0.251 e. The first kappa shape index (κ1) is 20.0. The van der Waals surface area contributed by atoms with Crippen LogP contribution in [0.15, 0.2) is 41.0 Å². The quantitative estimate of drug-likeness (QED) is 0.781. The first-order valence-corrected chi connectivity index (χ1v) is 11.9. The van der Waals surface area contributed by atoms with E-state index in [9.17, 15) is 13.2 Å². The zero-order valence-corrected chi connectivity index (χ0v) is 17.6. The van der Waals surface area contributed by atoms with Gasteiger partial charge in [-0.3, -0.25) is 14.0 Å². The van der Waals surface area contributed by atoms with Crippen molar-refractivity contribution in [1.29, 1.82) is 0 Å². The van der Waals surface area contributed by atoms with Crippen LogP contribution in [0.3, 0.4) is 0 Å². The summed E-state index contributed by atoms with van der Waals surface area (Å²) in [6.07, 6.45) is 5.80. The minimum atomic E-state index is -3.34. The van der Waals surface area contributed by atoms with Gasteiger partial charge in [-0.2, -0.15) is 0 Å². The van der Waals surface area contributed by atoms with Crippen molar-refractivity contribution in [1.82, 2.24) is 10.2 Å². The number of fused-ring (bicyclic) bond motifs is 1. The third-order valence-corrected chi connectivity index (χ3v) is 7.03. The summed E-state index contributed by atoms with van der Waals surface area (Å²) in [7, 11) is -3.34. The van der Waals surface area contributed by atoms with Crippen LogP contribution in [0.5, 0.6) is 0 Å². The van der Waals surface area contributed by atoms with E-state index in [0.29, 0.717) is 24.2 Å². The summed E-state index contributed by atoms with van der Waals surface area (Å²) >= 11 is 0. The Morgan fingerprint density at radius 2 is 2.03 bits per heavy atom. The van der Waals surface area contributed by atoms with Crippen molar-refractivity contribution in [2.75, 3.05) is 30.2 Å². The predicted molar refractivity (Wildman–Crippen MR) is 112 cm³/mol. The zero-order chi connectivity index (χ0) is 20.6. The minimum absolute atomic E-state index is 0.0200. The Kier molecular flexibility index (Phi) is 5.40. The van der Waals surface area contributed by atoms with Crippen LogP contribution in [-0.4, -0.2) is 51.2 Å². The Hall–Kier alpha value is -2.32. The highest BCUT2D eigenvalue weighted by molar-refractivity contribution is 7.92. The normalized spacial score (nSPS) is 20.6. The molecule has 2 aromatic rings. The van der Waals surface area contributed by atoms with E-state index in [1.54, 1.807) is 18.4 Å². The molecule has 1 N–H and O–H groups in total. The molecule has 1 aromatic heterocycles. The highest BCUT2D eigenvalue weighted by Gasteiger charge is 2.33. The van der Waals surface area contributed by atoms with Crippen molar-refractivity contribution in [2.45, 2.75) is 38.3 Å². The number of rotatable bonds is 6. The number of likely N-dealkylation sites (tertiary alicyclic amines) is 1. The SMILES string of the molecule is CC1Cc2cc(C(=O)NCC(c3ccco3)N3CCCC3)ccc2N1S(C)(=O)=O. The van der Waals surface area contributed by atoms with E-state index in [4.69, 9.17) is 4.42 Å². The van der Waals surface area contributed by atoms with Gasteiger partial charge in [-0.05, 0) is 75.2 Å². The lowest BCUT2D eigenvalue weighted by Gasteiger charge is -2.26. The van der Waals surface area contributed by atoms with Gasteiger partial charge in [0.1, 0.15) is 5.76 Å². The summed E-state index contributed by atoms with van der Waals surface area (Å²) in [6.45, 7) is 4.35. The topological polar surface area (TPSA) is 82.9 Å².